The van der Waals surface area contributed by atoms with Gasteiger partial charge >= 0.3 is 0 Å². The predicted octanol–water partition coefficient (Wildman–Crippen LogP) is 2.92. The summed E-state index contributed by atoms with van der Waals surface area (Å²) in [6.07, 6.45) is 3.30. The number of benzene rings is 1. The van der Waals surface area contributed by atoms with Crippen molar-refractivity contribution in [1.29, 1.82) is 0 Å². The molecule has 0 aliphatic carbocycles. The van der Waals surface area contributed by atoms with Crippen LogP contribution in [0.5, 0.6) is 0 Å². The van der Waals surface area contributed by atoms with E-state index in [1.807, 2.05) is 6.07 Å². The third-order valence-corrected chi connectivity index (χ3v) is 2.76. The number of hydrogen-bond donors (Lipinski definition) is 1. The Bertz CT molecular complexity index is 488. The maximum absolute atomic E-state index is 13.3. The second-order valence-electron chi connectivity index (χ2n) is 3.41. The first-order valence-corrected chi connectivity index (χ1v) is 5.17. The fraction of sp³-hybridized carbons (Fsp3) is 0.0833. The van der Waals surface area contributed by atoms with Gasteiger partial charge in [0.15, 0.2) is 0 Å². The molecule has 0 aliphatic rings. The van der Waals surface area contributed by atoms with Gasteiger partial charge in [-0.1, -0.05) is 29.8 Å². The Morgan fingerprint density at radius 2 is 2.06 bits per heavy atom. The van der Waals surface area contributed by atoms with Crippen LogP contribution in [0, 0.1) is 5.82 Å². The van der Waals surface area contributed by atoms with Crippen molar-refractivity contribution in [3.63, 3.8) is 0 Å². The molecule has 16 heavy (non-hydrogen) atoms. The smallest absolute Gasteiger partial charge is 0.142 e. The standard InChI is InChI=1S/C12H10ClFN2/c13-11-9(4-1-5-10(11)14)12(15)8-3-2-6-16-7-8/h1-7,12H,15H2. The number of rotatable bonds is 2. The molecule has 2 aromatic rings. The van der Waals surface area contributed by atoms with Crippen LogP contribution in [0.1, 0.15) is 17.2 Å². The molecule has 1 atom stereocenters. The van der Waals surface area contributed by atoms with Gasteiger partial charge in [0.25, 0.3) is 0 Å². The van der Waals surface area contributed by atoms with Crippen molar-refractivity contribution in [1.82, 2.24) is 4.98 Å². The average Bonchev–Trinajstić information content (AvgIpc) is 2.33. The summed E-state index contributed by atoms with van der Waals surface area (Å²) in [5.74, 6) is -0.460. The molecule has 0 aliphatic heterocycles. The summed E-state index contributed by atoms with van der Waals surface area (Å²) < 4.78 is 13.3. The number of nitrogens with zero attached hydrogens (tertiary/aromatic N) is 1. The Labute approximate surface area is 97.9 Å². The first kappa shape index (κ1) is 11.0. The molecule has 0 fully saturated rings. The normalized spacial score (nSPS) is 12.4. The molecular weight excluding hydrogens is 227 g/mol. The number of pyridine rings is 1. The van der Waals surface area contributed by atoms with E-state index in [1.165, 1.54) is 6.07 Å². The molecule has 1 aromatic heterocycles. The molecule has 1 heterocycles. The summed E-state index contributed by atoms with van der Waals surface area (Å²) in [5, 5.41) is 0.0684. The van der Waals surface area contributed by atoms with E-state index in [0.717, 1.165) is 5.56 Å². The summed E-state index contributed by atoms with van der Waals surface area (Å²) in [5.41, 5.74) is 7.36. The number of halogens is 2. The molecule has 2 rings (SSSR count). The van der Waals surface area contributed by atoms with Crippen molar-refractivity contribution >= 4 is 11.6 Å². The fourth-order valence-electron chi connectivity index (χ4n) is 1.50. The average molecular weight is 237 g/mol. The van der Waals surface area contributed by atoms with Crippen molar-refractivity contribution < 1.29 is 4.39 Å². The molecule has 0 bridgehead atoms. The van der Waals surface area contributed by atoms with Crippen LogP contribution in [0.2, 0.25) is 5.02 Å². The summed E-state index contributed by atoms with van der Waals surface area (Å²) in [6, 6.07) is 7.76. The molecule has 1 unspecified atom stereocenters. The van der Waals surface area contributed by atoms with Crippen molar-refractivity contribution in [2.45, 2.75) is 6.04 Å². The van der Waals surface area contributed by atoms with Gasteiger partial charge in [0.2, 0.25) is 0 Å². The van der Waals surface area contributed by atoms with Crippen molar-refractivity contribution in [2.75, 3.05) is 0 Å². The van der Waals surface area contributed by atoms with Gasteiger partial charge in [0.05, 0.1) is 11.1 Å². The van der Waals surface area contributed by atoms with Gasteiger partial charge in [-0.25, -0.2) is 4.39 Å². The summed E-state index contributed by atoms with van der Waals surface area (Å²) in [4.78, 5) is 3.97. The highest BCUT2D eigenvalue weighted by molar-refractivity contribution is 6.31. The lowest BCUT2D eigenvalue weighted by atomic mass is 10.0. The minimum absolute atomic E-state index is 0.0684. The van der Waals surface area contributed by atoms with Crippen LogP contribution in [0.3, 0.4) is 0 Å². The van der Waals surface area contributed by atoms with E-state index in [9.17, 15) is 4.39 Å². The van der Waals surface area contributed by atoms with Crippen LogP contribution < -0.4 is 5.73 Å². The fourth-order valence-corrected chi connectivity index (χ4v) is 1.74. The molecule has 0 radical (unpaired) electrons. The Hall–Kier alpha value is -1.45. The maximum atomic E-state index is 13.3. The topological polar surface area (TPSA) is 38.9 Å². The SMILES string of the molecule is NC(c1cccnc1)c1cccc(F)c1Cl. The first-order chi connectivity index (χ1) is 7.70. The molecule has 0 saturated heterocycles. The molecular formula is C12H10ClFN2. The summed E-state index contributed by atoms with van der Waals surface area (Å²) >= 11 is 5.86. The molecule has 0 amide bonds. The third-order valence-electron chi connectivity index (χ3n) is 2.36. The maximum Gasteiger partial charge on any atom is 0.142 e. The number of aromatic nitrogens is 1. The highest BCUT2D eigenvalue weighted by Gasteiger charge is 2.14. The van der Waals surface area contributed by atoms with Gasteiger partial charge in [-0.3, -0.25) is 4.98 Å². The van der Waals surface area contributed by atoms with E-state index < -0.39 is 11.9 Å². The van der Waals surface area contributed by atoms with E-state index in [2.05, 4.69) is 4.98 Å². The van der Waals surface area contributed by atoms with Gasteiger partial charge in [-0.2, -0.15) is 0 Å². The minimum Gasteiger partial charge on any atom is -0.320 e. The molecule has 82 valence electrons. The monoisotopic (exact) mass is 236 g/mol. The second-order valence-corrected chi connectivity index (χ2v) is 3.79. The zero-order valence-electron chi connectivity index (χ0n) is 8.40. The Kier molecular flexibility index (Phi) is 3.17. The first-order valence-electron chi connectivity index (χ1n) is 4.79. The lowest BCUT2D eigenvalue weighted by molar-refractivity contribution is 0.624. The lowest BCUT2D eigenvalue weighted by Gasteiger charge is -2.13. The van der Waals surface area contributed by atoms with Gasteiger partial charge in [-0.05, 0) is 23.3 Å². The predicted molar refractivity (Wildman–Crippen MR) is 61.7 cm³/mol. The zero-order chi connectivity index (χ0) is 11.5. The second kappa shape index (κ2) is 4.60. The number of nitrogens with two attached hydrogens (primary N) is 1. The number of hydrogen-bond acceptors (Lipinski definition) is 2. The molecule has 0 spiro atoms. The molecule has 2 nitrogen and oxygen atoms in total. The van der Waals surface area contributed by atoms with Crippen LogP contribution in [-0.4, -0.2) is 4.98 Å². The van der Waals surface area contributed by atoms with E-state index in [4.69, 9.17) is 17.3 Å². The summed E-state index contributed by atoms with van der Waals surface area (Å²) in [6.45, 7) is 0. The van der Waals surface area contributed by atoms with Gasteiger partial charge in [0.1, 0.15) is 5.82 Å². The molecule has 4 heteroatoms. The van der Waals surface area contributed by atoms with E-state index in [1.54, 1.807) is 30.6 Å². The summed E-state index contributed by atoms with van der Waals surface area (Å²) in [7, 11) is 0. The zero-order valence-corrected chi connectivity index (χ0v) is 9.16. The van der Waals surface area contributed by atoms with E-state index in [0.29, 0.717) is 5.56 Å². The van der Waals surface area contributed by atoms with Gasteiger partial charge in [0, 0.05) is 12.4 Å². The quantitative estimate of drug-likeness (QED) is 0.871. The van der Waals surface area contributed by atoms with Crippen molar-refractivity contribution in [3.8, 4) is 0 Å². The Balaban J connectivity index is 2.42. The van der Waals surface area contributed by atoms with Gasteiger partial charge < -0.3 is 5.73 Å². The molecule has 0 saturated carbocycles. The van der Waals surface area contributed by atoms with Crippen LogP contribution in [0.4, 0.5) is 4.39 Å². The van der Waals surface area contributed by atoms with E-state index in [-0.39, 0.29) is 5.02 Å². The highest BCUT2D eigenvalue weighted by Crippen LogP contribution is 2.27. The van der Waals surface area contributed by atoms with Crippen LogP contribution in [0.25, 0.3) is 0 Å². The minimum atomic E-state index is -0.461. The van der Waals surface area contributed by atoms with Crippen LogP contribution in [-0.2, 0) is 0 Å². The Morgan fingerprint density at radius 3 is 2.75 bits per heavy atom. The molecule has 2 N–H and O–H groups in total. The molecule has 1 aromatic carbocycles. The Morgan fingerprint density at radius 1 is 1.25 bits per heavy atom. The van der Waals surface area contributed by atoms with Gasteiger partial charge in [-0.15, -0.1) is 0 Å². The lowest BCUT2D eigenvalue weighted by Crippen LogP contribution is -2.13. The van der Waals surface area contributed by atoms with E-state index >= 15 is 0 Å². The largest absolute Gasteiger partial charge is 0.320 e. The van der Waals surface area contributed by atoms with Crippen molar-refractivity contribution in [3.05, 3.63) is 64.7 Å². The van der Waals surface area contributed by atoms with Crippen molar-refractivity contribution in [2.24, 2.45) is 5.73 Å². The van der Waals surface area contributed by atoms with Crippen LogP contribution in [0.15, 0.2) is 42.7 Å². The third kappa shape index (κ3) is 2.05. The van der Waals surface area contributed by atoms with Crippen LogP contribution >= 0.6 is 11.6 Å². The highest BCUT2D eigenvalue weighted by atomic mass is 35.5.